The van der Waals surface area contributed by atoms with Gasteiger partial charge in [0, 0.05) is 19.5 Å². The van der Waals surface area contributed by atoms with Crippen LogP contribution in [0.3, 0.4) is 0 Å². The third-order valence-corrected chi connectivity index (χ3v) is 4.73. The molecule has 1 aliphatic heterocycles. The molecule has 102 valence electrons. The molecule has 0 aromatic carbocycles. The van der Waals surface area contributed by atoms with Crippen LogP contribution in [0.1, 0.15) is 38.1 Å². The second-order valence-electron chi connectivity index (χ2n) is 4.68. The molecule has 1 aromatic heterocycles. The van der Waals surface area contributed by atoms with Gasteiger partial charge in [0.05, 0.1) is 18.5 Å². The first kappa shape index (κ1) is 13.8. The van der Waals surface area contributed by atoms with E-state index in [2.05, 4.69) is 5.10 Å². The van der Waals surface area contributed by atoms with E-state index in [-0.39, 0.29) is 6.23 Å². The fraction of sp³-hybridized carbons (Fsp3) is 0.750. The van der Waals surface area contributed by atoms with Gasteiger partial charge in [-0.05, 0) is 32.3 Å². The van der Waals surface area contributed by atoms with Gasteiger partial charge < -0.3 is 9.26 Å². The van der Waals surface area contributed by atoms with Crippen LogP contribution < -0.4 is 0 Å². The van der Waals surface area contributed by atoms with Crippen molar-refractivity contribution in [2.75, 3.05) is 19.9 Å². The fourth-order valence-corrected chi connectivity index (χ4v) is 3.73. The van der Waals surface area contributed by atoms with Crippen LogP contribution in [0.4, 0.5) is 0 Å². The predicted octanol–water partition coefficient (Wildman–Crippen LogP) is 3.03. The van der Waals surface area contributed by atoms with Gasteiger partial charge in [-0.3, -0.25) is 4.57 Å². The lowest BCUT2D eigenvalue weighted by Crippen LogP contribution is -2.21. The van der Waals surface area contributed by atoms with E-state index >= 15 is 0 Å². The van der Waals surface area contributed by atoms with Crippen LogP contribution in [0.25, 0.3) is 0 Å². The topological polar surface area (TPSA) is 53.3 Å². The summed E-state index contributed by atoms with van der Waals surface area (Å²) in [6.07, 6.45) is 5.37. The van der Waals surface area contributed by atoms with Crippen LogP contribution in [0.5, 0.6) is 0 Å². The van der Waals surface area contributed by atoms with Crippen molar-refractivity contribution in [2.45, 2.75) is 38.6 Å². The van der Waals surface area contributed by atoms with Gasteiger partial charge in [0.15, 0.2) is 0 Å². The molecule has 0 aliphatic carbocycles. The Morgan fingerprint density at radius 3 is 3.11 bits per heavy atom. The standard InChI is InChI=1S/C12H21N2O3P/c1-3-17-18(2,15)10-11-7-8-13-14(11)12-6-4-5-9-16-12/h7-8,12H,3-6,9-10H2,1-2H3. The van der Waals surface area contributed by atoms with Crippen molar-refractivity contribution < 1.29 is 13.8 Å². The maximum atomic E-state index is 12.2. The number of aromatic nitrogens is 2. The molecule has 0 N–H and O–H groups in total. The van der Waals surface area contributed by atoms with E-state index in [1.165, 1.54) is 0 Å². The summed E-state index contributed by atoms with van der Waals surface area (Å²) < 4.78 is 25.1. The molecular weight excluding hydrogens is 251 g/mol. The van der Waals surface area contributed by atoms with Gasteiger partial charge in [-0.15, -0.1) is 0 Å². The minimum absolute atomic E-state index is 0.00891. The quantitative estimate of drug-likeness (QED) is 0.773. The minimum atomic E-state index is -2.58. The van der Waals surface area contributed by atoms with Crippen molar-refractivity contribution in [3.05, 3.63) is 18.0 Å². The van der Waals surface area contributed by atoms with Gasteiger partial charge in [-0.25, -0.2) is 4.68 Å². The summed E-state index contributed by atoms with van der Waals surface area (Å²) >= 11 is 0. The highest BCUT2D eigenvalue weighted by atomic mass is 31.2. The van der Waals surface area contributed by atoms with Crippen LogP contribution in [-0.4, -0.2) is 29.7 Å². The van der Waals surface area contributed by atoms with Crippen LogP contribution in [-0.2, 0) is 20.0 Å². The van der Waals surface area contributed by atoms with E-state index < -0.39 is 7.37 Å². The number of hydrogen-bond acceptors (Lipinski definition) is 4. The average molecular weight is 272 g/mol. The van der Waals surface area contributed by atoms with Gasteiger partial charge in [-0.2, -0.15) is 5.10 Å². The van der Waals surface area contributed by atoms with Gasteiger partial charge in [0.25, 0.3) is 0 Å². The summed E-state index contributed by atoms with van der Waals surface area (Å²) in [5.74, 6) is 0. The van der Waals surface area contributed by atoms with E-state index in [1.54, 1.807) is 12.9 Å². The molecule has 1 fully saturated rings. The summed E-state index contributed by atoms with van der Waals surface area (Å²) in [4.78, 5) is 0. The molecule has 0 spiro atoms. The summed E-state index contributed by atoms with van der Waals surface area (Å²) in [6, 6.07) is 1.90. The summed E-state index contributed by atoms with van der Waals surface area (Å²) in [7, 11) is -2.58. The lowest BCUT2D eigenvalue weighted by Gasteiger charge is -2.25. The van der Waals surface area contributed by atoms with E-state index in [9.17, 15) is 4.57 Å². The van der Waals surface area contributed by atoms with E-state index in [0.717, 1.165) is 31.6 Å². The highest BCUT2D eigenvalue weighted by Gasteiger charge is 2.23. The Balaban J connectivity index is 2.09. The first-order valence-electron chi connectivity index (χ1n) is 6.47. The van der Waals surface area contributed by atoms with Crippen molar-refractivity contribution in [3.8, 4) is 0 Å². The van der Waals surface area contributed by atoms with Crippen LogP contribution in [0.15, 0.2) is 12.3 Å². The monoisotopic (exact) mass is 272 g/mol. The van der Waals surface area contributed by atoms with E-state index in [4.69, 9.17) is 9.26 Å². The van der Waals surface area contributed by atoms with E-state index in [0.29, 0.717) is 12.8 Å². The molecule has 1 saturated heterocycles. The van der Waals surface area contributed by atoms with Crippen molar-refractivity contribution in [1.29, 1.82) is 0 Å². The molecule has 5 nitrogen and oxygen atoms in total. The molecular formula is C12H21N2O3P. The number of rotatable bonds is 5. The predicted molar refractivity (Wildman–Crippen MR) is 69.9 cm³/mol. The van der Waals surface area contributed by atoms with Crippen LogP contribution >= 0.6 is 7.37 Å². The lowest BCUT2D eigenvalue weighted by molar-refractivity contribution is -0.0408. The first-order chi connectivity index (χ1) is 8.62. The molecule has 0 radical (unpaired) electrons. The highest BCUT2D eigenvalue weighted by molar-refractivity contribution is 7.57. The Hall–Kier alpha value is -0.640. The van der Waals surface area contributed by atoms with Crippen LogP contribution in [0.2, 0.25) is 0 Å². The molecule has 2 unspecified atom stereocenters. The lowest BCUT2D eigenvalue weighted by atomic mass is 10.2. The van der Waals surface area contributed by atoms with Gasteiger partial charge in [-0.1, -0.05) is 0 Å². The average Bonchev–Trinajstić information content (AvgIpc) is 2.77. The maximum absolute atomic E-state index is 12.2. The summed E-state index contributed by atoms with van der Waals surface area (Å²) in [5.41, 5.74) is 0.932. The van der Waals surface area contributed by atoms with Gasteiger partial charge in [0.2, 0.25) is 7.37 Å². The zero-order chi connectivity index (χ0) is 13.0. The van der Waals surface area contributed by atoms with Crippen molar-refractivity contribution in [3.63, 3.8) is 0 Å². The molecule has 2 atom stereocenters. The van der Waals surface area contributed by atoms with Gasteiger partial charge in [0.1, 0.15) is 6.23 Å². The summed E-state index contributed by atoms with van der Waals surface area (Å²) in [6.45, 7) is 4.79. The van der Waals surface area contributed by atoms with Crippen molar-refractivity contribution in [1.82, 2.24) is 9.78 Å². The zero-order valence-corrected chi connectivity index (χ0v) is 11.9. The third-order valence-electron chi connectivity index (χ3n) is 3.03. The fourth-order valence-electron chi connectivity index (χ4n) is 2.26. The smallest absolute Gasteiger partial charge is 0.205 e. The molecule has 1 aromatic rings. The Kier molecular flexibility index (Phi) is 4.60. The SMILES string of the molecule is CCOP(C)(=O)Cc1ccnn1C1CCCCO1. The normalized spacial score (nSPS) is 23.8. The first-order valence-corrected chi connectivity index (χ1v) is 8.73. The highest BCUT2D eigenvalue weighted by Crippen LogP contribution is 2.46. The Morgan fingerprint density at radius 2 is 2.44 bits per heavy atom. The molecule has 0 amide bonds. The second-order valence-corrected chi connectivity index (χ2v) is 7.28. The Labute approximate surface area is 108 Å². The molecule has 6 heteroatoms. The minimum Gasteiger partial charge on any atom is -0.357 e. The number of nitrogens with zero attached hydrogens (tertiary/aromatic N) is 2. The van der Waals surface area contributed by atoms with Crippen molar-refractivity contribution >= 4 is 7.37 Å². The number of ether oxygens (including phenoxy) is 1. The molecule has 0 bridgehead atoms. The maximum Gasteiger partial charge on any atom is 0.205 e. The molecule has 2 heterocycles. The molecule has 18 heavy (non-hydrogen) atoms. The second kappa shape index (κ2) is 6.00. The largest absolute Gasteiger partial charge is 0.357 e. The third kappa shape index (κ3) is 3.44. The summed E-state index contributed by atoms with van der Waals surface area (Å²) in [5, 5.41) is 4.30. The van der Waals surface area contributed by atoms with E-state index in [1.807, 2.05) is 17.7 Å². The Morgan fingerprint density at radius 1 is 1.61 bits per heavy atom. The number of hydrogen-bond donors (Lipinski definition) is 0. The van der Waals surface area contributed by atoms with Gasteiger partial charge >= 0.3 is 0 Å². The van der Waals surface area contributed by atoms with Crippen LogP contribution in [0, 0.1) is 0 Å². The van der Waals surface area contributed by atoms with Crippen molar-refractivity contribution in [2.24, 2.45) is 0 Å². The molecule has 2 rings (SSSR count). The molecule has 0 saturated carbocycles. The molecule has 1 aliphatic rings. The zero-order valence-electron chi connectivity index (χ0n) is 11.0. The Bertz CT molecular complexity index is 427.